The van der Waals surface area contributed by atoms with E-state index in [0.717, 1.165) is 6.42 Å². The second kappa shape index (κ2) is 2.87. The number of nitriles is 1. The Morgan fingerprint density at radius 3 is 2.44 bits per heavy atom. The summed E-state index contributed by atoms with van der Waals surface area (Å²) in [6.07, 6.45) is 5.00. The van der Waals surface area contributed by atoms with Crippen molar-refractivity contribution in [2.75, 3.05) is 0 Å². The van der Waals surface area contributed by atoms with Crippen LogP contribution < -0.4 is 0 Å². The first-order valence-electron chi connectivity index (χ1n) is 3.74. The molecule has 1 rings (SSSR count). The summed E-state index contributed by atoms with van der Waals surface area (Å²) in [4.78, 5) is 0. The van der Waals surface area contributed by atoms with Crippen molar-refractivity contribution >= 4 is 0 Å². The Morgan fingerprint density at radius 1 is 1.33 bits per heavy atom. The van der Waals surface area contributed by atoms with E-state index in [0.29, 0.717) is 11.8 Å². The van der Waals surface area contributed by atoms with Crippen LogP contribution in [0.15, 0.2) is 0 Å². The van der Waals surface area contributed by atoms with E-state index in [1.165, 1.54) is 19.3 Å². The highest BCUT2D eigenvalue weighted by Gasteiger charge is 2.19. The van der Waals surface area contributed by atoms with Crippen molar-refractivity contribution in [2.24, 2.45) is 11.8 Å². The fourth-order valence-corrected chi connectivity index (χ4v) is 1.51. The Hall–Kier alpha value is -0.510. The van der Waals surface area contributed by atoms with Crippen LogP contribution in [0.3, 0.4) is 0 Å². The minimum atomic E-state index is 0.360. The Labute approximate surface area is 56.7 Å². The molecule has 0 amide bonds. The molecule has 1 aliphatic rings. The summed E-state index contributed by atoms with van der Waals surface area (Å²) in [6, 6.07) is 2.35. The van der Waals surface area contributed by atoms with Crippen molar-refractivity contribution in [1.82, 2.24) is 0 Å². The van der Waals surface area contributed by atoms with Gasteiger partial charge in [0.2, 0.25) is 0 Å². The standard InChI is InChI=1S/C8H13N/c1-7-4-2-3-5-8(7)6-9/h7-8H,2-5H2,1H3/t7-,8-/m0/s1. The predicted octanol–water partition coefficient (Wildman–Crippen LogP) is 2.34. The quantitative estimate of drug-likeness (QED) is 0.485. The molecule has 50 valence electrons. The van der Waals surface area contributed by atoms with E-state index in [1.807, 2.05) is 0 Å². The second-order valence-electron chi connectivity index (χ2n) is 3.00. The fourth-order valence-electron chi connectivity index (χ4n) is 1.51. The first-order valence-corrected chi connectivity index (χ1v) is 3.74. The molecule has 1 nitrogen and oxygen atoms in total. The van der Waals surface area contributed by atoms with E-state index in [9.17, 15) is 0 Å². The van der Waals surface area contributed by atoms with Gasteiger partial charge < -0.3 is 0 Å². The van der Waals surface area contributed by atoms with Crippen LogP contribution >= 0.6 is 0 Å². The molecule has 0 radical (unpaired) electrons. The molecule has 1 fully saturated rings. The Morgan fingerprint density at radius 2 is 2.00 bits per heavy atom. The van der Waals surface area contributed by atoms with E-state index in [2.05, 4.69) is 13.0 Å². The van der Waals surface area contributed by atoms with Gasteiger partial charge in [-0.25, -0.2) is 0 Å². The average molecular weight is 123 g/mol. The number of nitrogens with zero attached hydrogens (tertiary/aromatic N) is 1. The van der Waals surface area contributed by atoms with Crippen LogP contribution in [0.5, 0.6) is 0 Å². The van der Waals surface area contributed by atoms with Crippen LogP contribution in [-0.2, 0) is 0 Å². The van der Waals surface area contributed by atoms with Crippen LogP contribution in [-0.4, -0.2) is 0 Å². The number of rotatable bonds is 0. The molecule has 1 saturated carbocycles. The van der Waals surface area contributed by atoms with E-state index >= 15 is 0 Å². The summed E-state index contributed by atoms with van der Waals surface area (Å²) in [5, 5.41) is 8.61. The van der Waals surface area contributed by atoms with E-state index in [-0.39, 0.29) is 0 Å². The zero-order valence-corrected chi connectivity index (χ0v) is 5.93. The third-order valence-electron chi connectivity index (χ3n) is 2.28. The highest BCUT2D eigenvalue weighted by Crippen LogP contribution is 2.28. The molecule has 0 aromatic heterocycles. The molecule has 0 heterocycles. The maximum atomic E-state index is 8.61. The summed E-state index contributed by atoms with van der Waals surface area (Å²) < 4.78 is 0. The van der Waals surface area contributed by atoms with Gasteiger partial charge in [-0.3, -0.25) is 0 Å². The largest absolute Gasteiger partial charge is 0.198 e. The molecule has 1 heteroatoms. The normalized spacial score (nSPS) is 35.6. The molecule has 0 bridgehead atoms. The molecule has 0 N–H and O–H groups in total. The lowest BCUT2D eigenvalue weighted by Crippen LogP contribution is -2.14. The lowest BCUT2D eigenvalue weighted by atomic mass is 9.81. The molecule has 0 aromatic rings. The fraction of sp³-hybridized carbons (Fsp3) is 0.875. The highest BCUT2D eigenvalue weighted by molar-refractivity contribution is 4.88. The van der Waals surface area contributed by atoms with Gasteiger partial charge in [-0.1, -0.05) is 19.8 Å². The van der Waals surface area contributed by atoms with Gasteiger partial charge in [-0.15, -0.1) is 0 Å². The molecule has 0 aliphatic heterocycles. The first-order chi connectivity index (χ1) is 4.34. The molecule has 9 heavy (non-hydrogen) atoms. The molecule has 1 aliphatic carbocycles. The topological polar surface area (TPSA) is 23.8 Å². The van der Waals surface area contributed by atoms with Crippen molar-refractivity contribution in [1.29, 1.82) is 5.26 Å². The van der Waals surface area contributed by atoms with E-state index in [1.54, 1.807) is 0 Å². The summed E-state index contributed by atoms with van der Waals surface area (Å²) >= 11 is 0. The SMILES string of the molecule is C[C@H]1CCCC[C@H]1C#N. The zero-order valence-electron chi connectivity index (χ0n) is 5.93. The third kappa shape index (κ3) is 1.45. The maximum absolute atomic E-state index is 8.61. The van der Waals surface area contributed by atoms with Crippen molar-refractivity contribution in [2.45, 2.75) is 32.6 Å². The highest BCUT2D eigenvalue weighted by atomic mass is 14.3. The summed E-state index contributed by atoms with van der Waals surface area (Å²) in [6.45, 7) is 2.19. The lowest BCUT2D eigenvalue weighted by Gasteiger charge is -2.22. The smallest absolute Gasteiger partial charge is 0.0658 e. The van der Waals surface area contributed by atoms with Gasteiger partial charge in [0.1, 0.15) is 0 Å². The van der Waals surface area contributed by atoms with Crippen LogP contribution in [0.1, 0.15) is 32.6 Å². The van der Waals surface area contributed by atoms with Crippen LogP contribution in [0.25, 0.3) is 0 Å². The lowest BCUT2D eigenvalue weighted by molar-refractivity contribution is 0.313. The number of hydrogen-bond acceptors (Lipinski definition) is 1. The summed E-state index contributed by atoms with van der Waals surface area (Å²) in [5.74, 6) is 1.02. The van der Waals surface area contributed by atoms with Gasteiger partial charge in [0.15, 0.2) is 0 Å². The minimum Gasteiger partial charge on any atom is -0.198 e. The molecule has 0 spiro atoms. The second-order valence-corrected chi connectivity index (χ2v) is 3.00. The van der Waals surface area contributed by atoms with Crippen LogP contribution in [0.4, 0.5) is 0 Å². The molecule has 0 unspecified atom stereocenters. The van der Waals surface area contributed by atoms with Gasteiger partial charge in [0.25, 0.3) is 0 Å². The van der Waals surface area contributed by atoms with Gasteiger partial charge in [0.05, 0.1) is 6.07 Å². The minimum absolute atomic E-state index is 0.360. The zero-order chi connectivity index (χ0) is 6.69. The van der Waals surface area contributed by atoms with Crippen LogP contribution in [0, 0.1) is 23.2 Å². The van der Waals surface area contributed by atoms with Crippen molar-refractivity contribution in [3.8, 4) is 6.07 Å². The Kier molecular flexibility index (Phi) is 2.10. The monoisotopic (exact) mass is 123 g/mol. The van der Waals surface area contributed by atoms with E-state index in [4.69, 9.17) is 5.26 Å². The molecular weight excluding hydrogens is 110 g/mol. The van der Waals surface area contributed by atoms with Crippen LogP contribution in [0.2, 0.25) is 0 Å². The van der Waals surface area contributed by atoms with Gasteiger partial charge in [-0.05, 0) is 18.8 Å². The Balaban J connectivity index is 2.41. The molecule has 0 saturated heterocycles. The molecule has 2 atom stereocenters. The average Bonchev–Trinajstić information content (AvgIpc) is 1.89. The maximum Gasteiger partial charge on any atom is 0.0658 e. The molecule has 0 aromatic carbocycles. The Bertz CT molecular complexity index is 123. The van der Waals surface area contributed by atoms with Gasteiger partial charge >= 0.3 is 0 Å². The number of hydrogen-bond donors (Lipinski definition) is 0. The summed E-state index contributed by atoms with van der Waals surface area (Å²) in [5.41, 5.74) is 0. The van der Waals surface area contributed by atoms with Crippen molar-refractivity contribution < 1.29 is 0 Å². The third-order valence-corrected chi connectivity index (χ3v) is 2.28. The predicted molar refractivity (Wildman–Crippen MR) is 36.7 cm³/mol. The van der Waals surface area contributed by atoms with Gasteiger partial charge in [-0.2, -0.15) is 5.26 Å². The van der Waals surface area contributed by atoms with Crippen molar-refractivity contribution in [3.05, 3.63) is 0 Å². The summed E-state index contributed by atoms with van der Waals surface area (Å²) in [7, 11) is 0. The van der Waals surface area contributed by atoms with Crippen molar-refractivity contribution in [3.63, 3.8) is 0 Å². The first kappa shape index (κ1) is 6.61. The van der Waals surface area contributed by atoms with E-state index < -0.39 is 0 Å². The molecular formula is C8H13N. The van der Waals surface area contributed by atoms with Gasteiger partial charge in [0, 0.05) is 5.92 Å².